The van der Waals surface area contributed by atoms with Crippen LogP contribution in [0.3, 0.4) is 0 Å². The van der Waals surface area contributed by atoms with Crippen LogP contribution in [0.5, 0.6) is 0 Å². The molecule has 120 valence electrons. The Morgan fingerprint density at radius 1 is 1.43 bits per heavy atom. The second kappa shape index (κ2) is 8.30. The number of ether oxygens (including phenoxy) is 1. The Balaban J connectivity index is 0.00000400. The van der Waals surface area contributed by atoms with Crippen LogP contribution in [0.4, 0.5) is 5.69 Å². The van der Waals surface area contributed by atoms with Crippen LogP contribution >= 0.6 is 12.4 Å². The largest absolute Gasteiger partial charge is 0.370 e. The molecule has 0 spiro atoms. The van der Waals surface area contributed by atoms with Crippen molar-refractivity contribution in [3.63, 3.8) is 0 Å². The molecule has 7 nitrogen and oxygen atoms in total. The standard InChI is InChI=1S/C12H19N3O4S.ClH/c1-15(2)20(17,18)10-6-4-5-9(7-10)14-12(16)11(8-13)19-3;/h4-7,11H,8,13H2,1-3H3,(H,14,16);1H. The van der Waals surface area contributed by atoms with Crippen LogP contribution in [0, 0.1) is 0 Å². The third kappa shape index (κ3) is 4.94. The number of hydrogen-bond acceptors (Lipinski definition) is 5. The molecule has 0 bridgehead atoms. The zero-order valence-electron chi connectivity index (χ0n) is 12.1. The summed E-state index contributed by atoms with van der Waals surface area (Å²) in [6.07, 6.45) is -0.774. The number of benzene rings is 1. The molecule has 0 radical (unpaired) electrons. The number of nitrogens with one attached hydrogen (secondary N) is 1. The highest BCUT2D eigenvalue weighted by Crippen LogP contribution is 2.18. The van der Waals surface area contributed by atoms with Crippen molar-refractivity contribution in [1.29, 1.82) is 0 Å². The van der Waals surface area contributed by atoms with E-state index in [1.54, 1.807) is 12.1 Å². The van der Waals surface area contributed by atoms with Crippen molar-refractivity contribution in [3.05, 3.63) is 24.3 Å². The number of halogens is 1. The zero-order valence-corrected chi connectivity index (χ0v) is 13.7. The van der Waals surface area contributed by atoms with Crippen molar-refractivity contribution >= 4 is 34.0 Å². The first-order valence-electron chi connectivity index (χ1n) is 5.89. The highest BCUT2D eigenvalue weighted by atomic mass is 35.5. The molecule has 1 rings (SSSR count). The number of nitrogens with two attached hydrogens (primary N) is 1. The minimum Gasteiger partial charge on any atom is -0.370 e. The monoisotopic (exact) mass is 337 g/mol. The fraction of sp³-hybridized carbons (Fsp3) is 0.417. The molecule has 1 aromatic carbocycles. The average Bonchev–Trinajstić information content (AvgIpc) is 2.40. The van der Waals surface area contributed by atoms with Gasteiger partial charge in [0, 0.05) is 33.4 Å². The molecule has 0 aliphatic heterocycles. The van der Waals surface area contributed by atoms with Gasteiger partial charge in [-0.3, -0.25) is 4.79 Å². The molecule has 1 unspecified atom stereocenters. The van der Waals surface area contributed by atoms with E-state index in [-0.39, 0.29) is 23.8 Å². The van der Waals surface area contributed by atoms with Crippen LogP contribution in [0.25, 0.3) is 0 Å². The average molecular weight is 338 g/mol. The van der Waals surface area contributed by atoms with E-state index >= 15 is 0 Å². The molecular formula is C12H20ClN3O4S. The maximum Gasteiger partial charge on any atom is 0.254 e. The molecule has 9 heteroatoms. The van der Waals surface area contributed by atoms with E-state index in [9.17, 15) is 13.2 Å². The third-order valence-electron chi connectivity index (χ3n) is 2.67. The number of methoxy groups -OCH3 is 1. The molecule has 3 N–H and O–H groups in total. The van der Waals surface area contributed by atoms with E-state index in [1.165, 1.54) is 33.3 Å². The summed E-state index contributed by atoms with van der Waals surface area (Å²) in [7, 11) is 0.719. The van der Waals surface area contributed by atoms with E-state index in [0.717, 1.165) is 4.31 Å². The summed E-state index contributed by atoms with van der Waals surface area (Å²) in [4.78, 5) is 11.9. The normalized spacial score (nSPS) is 12.6. The maximum atomic E-state index is 12.0. The summed E-state index contributed by atoms with van der Waals surface area (Å²) in [5.41, 5.74) is 5.76. The van der Waals surface area contributed by atoms with Crippen LogP contribution < -0.4 is 11.1 Å². The number of carbonyl (C=O) groups excluding carboxylic acids is 1. The van der Waals surface area contributed by atoms with Gasteiger partial charge in [-0.2, -0.15) is 0 Å². The van der Waals surface area contributed by atoms with E-state index in [1.807, 2.05) is 0 Å². The molecule has 0 fully saturated rings. The second-order valence-corrected chi connectivity index (χ2v) is 6.42. The summed E-state index contributed by atoms with van der Waals surface area (Å²) in [6, 6.07) is 5.99. The molecule has 0 aliphatic carbocycles. The highest BCUT2D eigenvalue weighted by molar-refractivity contribution is 7.89. The first-order valence-corrected chi connectivity index (χ1v) is 7.33. The van der Waals surface area contributed by atoms with Gasteiger partial charge >= 0.3 is 0 Å². The van der Waals surface area contributed by atoms with Crippen LogP contribution in [-0.4, -0.2) is 52.5 Å². The van der Waals surface area contributed by atoms with Crippen molar-refractivity contribution in [2.75, 3.05) is 33.1 Å². The van der Waals surface area contributed by atoms with Gasteiger partial charge in [0.1, 0.15) is 6.10 Å². The zero-order chi connectivity index (χ0) is 15.3. The van der Waals surface area contributed by atoms with Gasteiger partial charge in [-0.15, -0.1) is 12.4 Å². The molecular weight excluding hydrogens is 318 g/mol. The van der Waals surface area contributed by atoms with Gasteiger partial charge in [0.05, 0.1) is 4.90 Å². The van der Waals surface area contributed by atoms with Crippen molar-refractivity contribution in [2.45, 2.75) is 11.0 Å². The predicted molar refractivity (Wildman–Crippen MR) is 83.0 cm³/mol. The smallest absolute Gasteiger partial charge is 0.254 e. The molecule has 1 amide bonds. The fourth-order valence-corrected chi connectivity index (χ4v) is 2.43. The lowest BCUT2D eigenvalue weighted by molar-refractivity contribution is -0.125. The summed E-state index contributed by atoms with van der Waals surface area (Å²) >= 11 is 0. The SMILES string of the molecule is COC(CN)C(=O)Nc1cccc(S(=O)(=O)N(C)C)c1.Cl. The lowest BCUT2D eigenvalue weighted by Crippen LogP contribution is -2.35. The Hall–Kier alpha value is -1.19. The number of anilines is 1. The first-order chi connectivity index (χ1) is 9.32. The first kappa shape index (κ1) is 19.8. The van der Waals surface area contributed by atoms with Gasteiger partial charge in [-0.1, -0.05) is 6.07 Å². The van der Waals surface area contributed by atoms with Gasteiger partial charge in [0.2, 0.25) is 10.0 Å². The Bertz CT molecular complexity index is 574. The number of amides is 1. The Morgan fingerprint density at radius 2 is 2.05 bits per heavy atom. The lowest BCUT2D eigenvalue weighted by Gasteiger charge is -2.15. The van der Waals surface area contributed by atoms with Crippen molar-refractivity contribution in [3.8, 4) is 0 Å². The minimum absolute atomic E-state index is 0. The lowest BCUT2D eigenvalue weighted by atomic mass is 10.3. The van der Waals surface area contributed by atoms with Gasteiger partial charge < -0.3 is 15.8 Å². The number of nitrogens with zero attached hydrogens (tertiary/aromatic N) is 1. The second-order valence-electron chi connectivity index (χ2n) is 4.26. The van der Waals surface area contributed by atoms with Crippen LogP contribution in [0.2, 0.25) is 0 Å². The van der Waals surface area contributed by atoms with Crippen LogP contribution in [-0.2, 0) is 19.6 Å². The van der Waals surface area contributed by atoms with Crippen LogP contribution in [0.1, 0.15) is 0 Å². The summed E-state index contributed by atoms with van der Waals surface area (Å²) in [6.45, 7) is 0.0397. The summed E-state index contributed by atoms with van der Waals surface area (Å²) < 4.78 is 30.0. The van der Waals surface area contributed by atoms with E-state index in [4.69, 9.17) is 10.5 Å². The Kier molecular flexibility index (Phi) is 7.83. The summed E-state index contributed by atoms with van der Waals surface area (Å²) in [5.74, 6) is -0.422. The van der Waals surface area contributed by atoms with E-state index in [2.05, 4.69) is 5.32 Å². The van der Waals surface area contributed by atoms with E-state index in [0.29, 0.717) is 5.69 Å². The minimum atomic E-state index is -3.54. The number of rotatable bonds is 6. The van der Waals surface area contributed by atoms with Gasteiger partial charge in [-0.05, 0) is 18.2 Å². The number of carbonyl (C=O) groups is 1. The summed E-state index contributed by atoms with van der Waals surface area (Å²) in [5, 5.41) is 2.57. The molecule has 21 heavy (non-hydrogen) atoms. The molecule has 0 heterocycles. The quantitative estimate of drug-likeness (QED) is 0.776. The molecule has 0 aliphatic rings. The Morgan fingerprint density at radius 3 is 2.52 bits per heavy atom. The van der Waals surface area contributed by atoms with Crippen LogP contribution in [0.15, 0.2) is 29.2 Å². The molecule has 1 aromatic rings. The third-order valence-corrected chi connectivity index (χ3v) is 4.48. The van der Waals surface area contributed by atoms with Crippen molar-refractivity contribution < 1.29 is 17.9 Å². The topological polar surface area (TPSA) is 102 Å². The van der Waals surface area contributed by atoms with Crippen molar-refractivity contribution in [1.82, 2.24) is 4.31 Å². The fourth-order valence-electron chi connectivity index (χ4n) is 1.48. The van der Waals surface area contributed by atoms with Gasteiger partial charge in [-0.25, -0.2) is 12.7 Å². The van der Waals surface area contributed by atoms with Gasteiger partial charge in [0.25, 0.3) is 5.91 Å². The van der Waals surface area contributed by atoms with Gasteiger partial charge in [0.15, 0.2) is 0 Å². The van der Waals surface area contributed by atoms with Crippen molar-refractivity contribution in [2.24, 2.45) is 5.73 Å². The molecule has 0 saturated carbocycles. The maximum absolute atomic E-state index is 12.0. The Labute approximate surface area is 130 Å². The number of sulfonamides is 1. The molecule has 1 atom stereocenters. The van der Waals surface area contributed by atoms with E-state index < -0.39 is 22.0 Å². The predicted octanol–water partition coefficient (Wildman–Crippen LogP) is 0.271. The highest BCUT2D eigenvalue weighted by Gasteiger charge is 2.19. The molecule has 0 aromatic heterocycles. The number of hydrogen-bond donors (Lipinski definition) is 2. The molecule has 0 saturated heterocycles.